The summed E-state index contributed by atoms with van der Waals surface area (Å²) in [5.74, 6) is 0.815. The fourth-order valence-electron chi connectivity index (χ4n) is 2.23. The molecular formula is C14H20N2O. The number of carbonyl (C=O) groups excluding carboxylic acids is 1. The summed E-state index contributed by atoms with van der Waals surface area (Å²) in [4.78, 5) is 14.0. The van der Waals surface area contributed by atoms with Crippen molar-refractivity contribution in [3.05, 3.63) is 23.8 Å². The van der Waals surface area contributed by atoms with Gasteiger partial charge in [-0.1, -0.05) is 13.8 Å². The zero-order valence-corrected chi connectivity index (χ0v) is 10.6. The number of benzene rings is 1. The maximum Gasteiger partial charge on any atom is 0.227 e. The second-order valence-corrected chi connectivity index (χ2v) is 5.12. The molecule has 1 aromatic carbocycles. The Morgan fingerprint density at radius 3 is 2.94 bits per heavy atom. The lowest BCUT2D eigenvalue weighted by atomic mass is 10.1. The van der Waals surface area contributed by atoms with E-state index in [0.717, 1.165) is 30.8 Å². The molecule has 17 heavy (non-hydrogen) atoms. The molecule has 2 N–H and O–H groups in total. The fraction of sp³-hybridized carbons (Fsp3) is 0.500. The molecule has 0 spiro atoms. The first kappa shape index (κ1) is 12.0. The minimum atomic E-state index is 0.238. The van der Waals surface area contributed by atoms with Gasteiger partial charge in [-0.3, -0.25) is 4.79 Å². The third-order valence-electron chi connectivity index (χ3n) is 3.24. The lowest BCUT2D eigenvalue weighted by Crippen LogP contribution is -2.28. The van der Waals surface area contributed by atoms with Crippen LogP contribution in [0, 0.1) is 5.92 Å². The van der Waals surface area contributed by atoms with Crippen molar-refractivity contribution in [2.24, 2.45) is 5.92 Å². The molecule has 1 amide bonds. The maximum atomic E-state index is 12.1. The molecule has 1 aliphatic rings. The molecule has 1 heterocycles. The minimum absolute atomic E-state index is 0.238. The topological polar surface area (TPSA) is 46.3 Å². The van der Waals surface area contributed by atoms with Crippen LogP contribution in [0.3, 0.4) is 0 Å². The van der Waals surface area contributed by atoms with E-state index in [9.17, 15) is 4.79 Å². The third-order valence-corrected chi connectivity index (χ3v) is 3.24. The molecule has 1 aromatic rings. The van der Waals surface area contributed by atoms with Gasteiger partial charge in [0.1, 0.15) is 0 Å². The van der Waals surface area contributed by atoms with Crippen molar-refractivity contribution in [3.63, 3.8) is 0 Å². The van der Waals surface area contributed by atoms with Gasteiger partial charge >= 0.3 is 0 Å². The van der Waals surface area contributed by atoms with Gasteiger partial charge in [0.25, 0.3) is 0 Å². The molecule has 3 nitrogen and oxygen atoms in total. The van der Waals surface area contributed by atoms with Gasteiger partial charge < -0.3 is 10.6 Å². The van der Waals surface area contributed by atoms with E-state index in [1.807, 2.05) is 23.1 Å². The van der Waals surface area contributed by atoms with Crippen LogP contribution in [0.5, 0.6) is 0 Å². The van der Waals surface area contributed by atoms with Crippen LogP contribution >= 0.6 is 0 Å². The normalized spacial score (nSPS) is 14.2. The molecule has 0 saturated carbocycles. The van der Waals surface area contributed by atoms with Gasteiger partial charge in [0.2, 0.25) is 5.91 Å². The van der Waals surface area contributed by atoms with E-state index in [-0.39, 0.29) is 5.91 Å². The lowest BCUT2D eigenvalue weighted by molar-refractivity contribution is -0.118. The molecule has 2 rings (SSSR count). The summed E-state index contributed by atoms with van der Waals surface area (Å²) in [6, 6.07) is 5.81. The Labute approximate surface area is 103 Å². The largest absolute Gasteiger partial charge is 0.399 e. The van der Waals surface area contributed by atoms with E-state index >= 15 is 0 Å². The Morgan fingerprint density at radius 2 is 2.24 bits per heavy atom. The summed E-state index contributed by atoms with van der Waals surface area (Å²) in [6.45, 7) is 5.09. The van der Waals surface area contributed by atoms with Crippen molar-refractivity contribution in [3.8, 4) is 0 Å². The average Bonchev–Trinajstić information content (AvgIpc) is 2.68. The predicted molar refractivity (Wildman–Crippen MR) is 71.0 cm³/mol. The molecule has 0 fully saturated rings. The molecule has 3 heteroatoms. The molecule has 0 bridgehead atoms. The maximum absolute atomic E-state index is 12.1. The molecule has 0 aliphatic carbocycles. The first-order valence-corrected chi connectivity index (χ1v) is 6.26. The highest BCUT2D eigenvalue weighted by atomic mass is 16.2. The molecule has 0 aromatic heterocycles. The van der Waals surface area contributed by atoms with Crippen LogP contribution in [0.15, 0.2) is 18.2 Å². The van der Waals surface area contributed by atoms with Crippen LogP contribution < -0.4 is 10.6 Å². The third kappa shape index (κ3) is 2.60. The summed E-state index contributed by atoms with van der Waals surface area (Å²) in [6.07, 6.45) is 2.52. The quantitative estimate of drug-likeness (QED) is 0.814. The Hall–Kier alpha value is -1.51. The highest BCUT2D eigenvalue weighted by Gasteiger charge is 2.24. The van der Waals surface area contributed by atoms with Crippen LogP contribution in [0.4, 0.5) is 11.4 Å². The number of anilines is 2. The summed E-state index contributed by atoms with van der Waals surface area (Å²) in [5, 5.41) is 0. The summed E-state index contributed by atoms with van der Waals surface area (Å²) in [5.41, 5.74) is 8.77. The number of amides is 1. The van der Waals surface area contributed by atoms with Crippen LogP contribution in [0.25, 0.3) is 0 Å². The predicted octanol–water partition coefficient (Wildman–Crippen LogP) is 2.59. The summed E-state index contributed by atoms with van der Waals surface area (Å²) >= 11 is 0. The molecular weight excluding hydrogens is 212 g/mol. The minimum Gasteiger partial charge on any atom is -0.399 e. The van der Waals surface area contributed by atoms with Gasteiger partial charge in [0, 0.05) is 24.3 Å². The van der Waals surface area contributed by atoms with E-state index in [2.05, 4.69) is 13.8 Å². The first-order chi connectivity index (χ1) is 8.08. The van der Waals surface area contributed by atoms with Crippen molar-refractivity contribution < 1.29 is 4.79 Å². The number of rotatable bonds is 3. The Balaban J connectivity index is 2.08. The number of nitrogens with zero attached hydrogens (tertiary/aromatic N) is 1. The second-order valence-electron chi connectivity index (χ2n) is 5.12. The summed E-state index contributed by atoms with van der Waals surface area (Å²) < 4.78 is 0. The van der Waals surface area contributed by atoms with Gasteiger partial charge in [-0.2, -0.15) is 0 Å². The Bertz CT molecular complexity index is 426. The van der Waals surface area contributed by atoms with E-state index in [1.54, 1.807) is 0 Å². The van der Waals surface area contributed by atoms with E-state index in [1.165, 1.54) is 5.56 Å². The van der Waals surface area contributed by atoms with Crippen LogP contribution in [-0.4, -0.2) is 12.5 Å². The number of hydrogen-bond acceptors (Lipinski definition) is 2. The van der Waals surface area contributed by atoms with Crippen LogP contribution in [0.2, 0.25) is 0 Å². The fourth-order valence-corrected chi connectivity index (χ4v) is 2.23. The van der Waals surface area contributed by atoms with Gasteiger partial charge in [-0.15, -0.1) is 0 Å². The van der Waals surface area contributed by atoms with Crippen molar-refractivity contribution in [1.82, 2.24) is 0 Å². The van der Waals surface area contributed by atoms with Crippen molar-refractivity contribution in [1.29, 1.82) is 0 Å². The lowest BCUT2D eigenvalue weighted by Gasteiger charge is -2.18. The Kier molecular flexibility index (Phi) is 3.36. The molecule has 0 atom stereocenters. The monoisotopic (exact) mass is 232 g/mol. The standard InChI is InChI=1S/C14H20N2O/c1-10(2)3-6-14(17)16-8-7-11-9-12(15)4-5-13(11)16/h4-5,9-10H,3,6-8,15H2,1-2H3. The SMILES string of the molecule is CC(C)CCC(=O)N1CCc2cc(N)ccc21. The number of hydrogen-bond donors (Lipinski definition) is 1. The zero-order valence-electron chi connectivity index (χ0n) is 10.6. The van der Waals surface area contributed by atoms with E-state index in [0.29, 0.717) is 12.3 Å². The molecule has 0 saturated heterocycles. The number of nitrogen functional groups attached to an aromatic ring is 1. The van der Waals surface area contributed by atoms with Crippen molar-refractivity contribution >= 4 is 17.3 Å². The molecule has 1 aliphatic heterocycles. The first-order valence-electron chi connectivity index (χ1n) is 6.26. The van der Waals surface area contributed by atoms with E-state index < -0.39 is 0 Å². The summed E-state index contributed by atoms with van der Waals surface area (Å²) in [7, 11) is 0. The van der Waals surface area contributed by atoms with Gasteiger partial charge in [0.05, 0.1) is 0 Å². The zero-order chi connectivity index (χ0) is 12.4. The van der Waals surface area contributed by atoms with Crippen molar-refractivity contribution in [2.45, 2.75) is 33.1 Å². The van der Waals surface area contributed by atoms with Gasteiger partial charge in [-0.05, 0) is 42.5 Å². The highest BCUT2D eigenvalue weighted by molar-refractivity contribution is 5.95. The molecule has 0 radical (unpaired) electrons. The van der Waals surface area contributed by atoms with Gasteiger partial charge in [-0.25, -0.2) is 0 Å². The van der Waals surface area contributed by atoms with Gasteiger partial charge in [0.15, 0.2) is 0 Å². The smallest absolute Gasteiger partial charge is 0.227 e. The Morgan fingerprint density at radius 1 is 1.47 bits per heavy atom. The van der Waals surface area contributed by atoms with E-state index in [4.69, 9.17) is 5.73 Å². The van der Waals surface area contributed by atoms with Crippen LogP contribution in [0.1, 0.15) is 32.3 Å². The molecule has 92 valence electrons. The number of carbonyl (C=O) groups is 1. The highest BCUT2D eigenvalue weighted by Crippen LogP contribution is 2.30. The number of nitrogens with two attached hydrogens (primary N) is 1. The second kappa shape index (κ2) is 4.78. The average molecular weight is 232 g/mol. The molecule has 0 unspecified atom stereocenters. The van der Waals surface area contributed by atoms with Crippen molar-refractivity contribution in [2.75, 3.05) is 17.2 Å². The van der Waals surface area contributed by atoms with Crippen LogP contribution in [-0.2, 0) is 11.2 Å². The number of fused-ring (bicyclic) bond motifs is 1.